The number of aliphatic imine (C=N–C) groups is 2. The van der Waals surface area contributed by atoms with Gasteiger partial charge in [0, 0.05) is 25.2 Å². The third kappa shape index (κ3) is 9.95. The summed E-state index contributed by atoms with van der Waals surface area (Å²) in [6, 6.07) is 0.173. The lowest BCUT2D eigenvalue weighted by atomic mass is 10.0. The van der Waals surface area contributed by atoms with Gasteiger partial charge in [-0.15, -0.1) is 0 Å². The van der Waals surface area contributed by atoms with Crippen LogP contribution in [0.25, 0.3) is 0 Å². The fourth-order valence-electron chi connectivity index (χ4n) is 3.30. The van der Waals surface area contributed by atoms with Gasteiger partial charge in [-0.2, -0.15) is 0 Å². The van der Waals surface area contributed by atoms with Gasteiger partial charge >= 0.3 is 0 Å². The van der Waals surface area contributed by atoms with Crippen molar-refractivity contribution >= 4 is 11.9 Å². The Morgan fingerprint density at radius 2 is 2.06 bits per heavy atom. The molecule has 0 aromatic rings. The molecule has 1 aliphatic rings. The Bertz CT molecular complexity index is 816. The fourth-order valence-corrected chi connectivity index (χ4v) is 3.30. The molecule has 1 rings (SSSR count). The lowest BCUT2D eigenvalue weighted by Gasteiger charge is -2.21. The van der Waals surface area contributed by atoms with Gasteiger partial charge in [0.25, 0.3) is 0 Å². The highest BCUT2D eigenvalue weighted by Gasteiger charge is 2.14. The number of allylic oxidation sites excluding steroid dienone is 10. The van der Waals surface area contributed by atoms with Crippen molar-refractivity contribution in [2.75, 3.05) is 7.05 Å². The van der Waals surface area contributed by atoms with Crippen molar-refractivity contribution < 1.29 is 0 Å². The number of rotatable bonds is 14. The van der Waals surface area contributed by atoms with Crippen LogP contribution in [0.5, 0.6) is 0 Å². The molecule has 0 aliphatic carbocycles. The molecule has 4 heteroatoms. The van der Waals surface area contributed by atoms with Crippen LogP contribution >= 0.6 is 0 Å². The maximum absolute atomic E-state index is 4.97. The third-order valence-corrected chi connectivity index (χ3v) is 5.15. The average Bonchev–Trinajstić information content (AvgIpc) is 3.10. The fraction of sp³-hybridized carbons (Fsp3) is 0.429. The minimum Gasteiger partial charge on any atom is -0.391 e. The highest BCUT2D eigenvalue weighted by molar-refractivity contribution is 6.10. The van der Waals surface area contributed by atoms with Gasteiger partial charge in [0.15, 0.2) is 0 Å². The van der Waals surface area contributed by atoms with Crippen LogP contribution in [-0.4, -0.2) is 25.0 Å². The zero-order valence-electron chi connectivity index (χ0n) is 20.7. The number of unbranched alkanes of at least 4 members (excludes halogenated alkanes) is 1. The molecule has 1 unspecified atom stereocenters. The lowest BCUT2D eigenvalue weighted by Crippen LogP contribution is -2.30. The zero-order chi connectivity index (χ0) is 23.6. The van der Waals surface area contributed by atoms with E-state index in [0.717, 1.165) is 42.8 Å². The molecule has 0 fully saturated rings. The van der Waals surface area contributed by atoms with Crippen LogP contribution in [0.3, 0.4) is 0 Å². The standard InChI is InChI=1S/C28H42N4/c1-7-12-18-25(29-6)20-19-23(10-4)26(15-8-2)31-28(11-5)32-27(16-9-3)24-17-13-14-21-30-22-24/h8,10-11,14-15,17,19-22,27,29,32H,4,7,9,12-13,16,18H2,1-3,5-6H3/b15-8+,23-19+,25-20+,28-11+,31-26+. The first-order valence-corrected chi connectivity index (χ1v) is 11.9. The summed E-state index contributed by atoms with van der Waals surface area (Å²) in [5, 5.41) is 6.93. The van der Waals surface area contributed by atoms with Gasteiger partial charge in [-0.25, -0.2) is 4.99 Å². The molecule has 32 heavy (non-hydrogen) atoms. The molecule has 0 aromatic carbocycles. The van der Waals surface area contributed by atoms with Crippen molar-refractivity contribution in [1.29, 1.82) is 0 Å². The van der Waals surface area contributed by atoms with Gasteiger partial charge in [0.05, 0.1) is 11.8 Å². The van der Waals surface area contributed by atoms with Crippen molar-refractivity contribution in [3.63, 3.8) is 0 Å². The summed E-state index contributed by atoms with van der Waals surface area (Å²) in [5.74, 6) is 0.847. The molecule has 0 saturated carbocycles. The van der Waals surface area contributed by atoms with E-state index < -0.39 is 0 Å². The normalized spacial score (nSPS) is 16.7. The van der Waals surface area contributed by atoms with Crippen LogP contribution in [0.1, 0.15) is 66.2 Å². The number of nitrogens with zero attached hydrogens (tertiary/aromatic N) is 2. The van der Waals surface area contributed by atoms with Crippen molar-refractivity contribution in [2.45, 2.75) is 72.3 Å². The molecule has 0 spiro atoms. The van der Waals surface area contributed by atoms with Crippen LogP contribution in [0.15, 0.2) is 94.0 Å². The van der Waals surface area contributed by atoms with E-state index in [1.165, 1.54) is 24.1 Å². The average molecular weight is 435 g/mol. The molecule has 0 saturated heterocycles. The van der Waals surface area contributed by atoms with E-state index >= 15 is 0 Å². The molecule has 4 nitrogen and oxygen atoms in total. The second kappa shape index (κ2) is 16.8. The highest BCUT2D eigenvalue weighted by atomic mass is 15.1. The van der Waals surface area contributed by atoms with Crippen LogP contribution in [-0.2, 0) is 0 Å². The van der Waals surface area contributed by atoms with Gasteiger partial charge in [-0.05, 0) is 68.9 Å². The van der Waals surface area contributed by atoms with Gasteiger partial charge in [0.1, 0.15) is 5.82 Å². The first-order valence-electron chi connectivity index (χ1n) is 11.9. The van der Waals surface area contributed by atoms with E-state index in [0.29, 0.717) is 0 Å². The zero-order valence-corrected chi connectivity index (χ0v) is 20.7. The largest absolute Gasteiger partial charge is 0.391 e. The minimum atomic E-state index is 0.173. The molecule has 0 amide bonds. The number of hydrogen-bond donors (Lipinski definition) is 2. The molecule has 2 N–H and O–H groups in total. The Morgan fingerprint density at radius 1 is 1.25 bits per heavy atom. The topological polar surface area (TPSA) is 48.8 Å². The molecular formula is C28H42N4. The van der Waals surface area contributed by atoms with Crippen molar-refractivity contribution in [1.82, 2.24) is 10.6 Å². The lowest BCUT2D eigenvalue weighted by molar-refractivity contribution is 0.591. The Kier molecular flexibility index (Phi) is 14.2. The monoisotopic (exact) mass is 434 g/mol. The van der Waals surface area contributed by atoms with E-state index in [1.54, 1.807) is 0 Å². The molecule has 0 aromatic heterocycles. The predicted molar refractivity (Wildman–Crippen MR) is 143 cm³/mol. The highest BCUT2D eigenvalue weighted by Crippen LogP contribution is 2.15. The van der Waals surface area contributed by atoms with Crippen LogP contribution in [0, 0.1) is 0 Å². The van der Waals surface area contributed by atoms with E-state index in [-0.39, 0.29) is 6.04 Å². The van der Waals surface area contributed by atoms with Gasteiger partial charge in [-0.1, -0.05) is 63.6 Å². The minimum absolute atomic E-state index is 0.173. The Morgan fingerprint density at radius 3 is 2.69 bits per heavy atom. The molecular weight excluding hydrogens is 392 g/mol. The summed E-state index contributed by atoms with van der Waals surface area (Å²) < 4.78 is 0. The van der Waals surface area contributed by atoms with Gasteiger partial charge in [-0.3, -0.25) is 4.99 Å². The van der Waals surface area contributed by atoms with Crippen LogP contribution < -0.4 is 10.6 Å². The summed E-state index contributed by atoms with van der Waals surface area (Å²) in [6.45, 7) is 12.5. The SMILES string of the molecule is C=CC(=C\C=C(/CCCC)NC)/C(/C=C/C)=N/C(=C\C)NC(CCC)C1=CCC=CN=C1. The second-order valence-corrected chi connectivity index (χ2v) is 7.63. The molecule has 0 radical (unpaired) electrons. The molecule has 1 atom stereocenters. The maximum Gasteiger partial charge on any atom is 0.122 e. The molecule has 174 valence electrons. The number of hydrogen-bond acceptors (Lipinski definition) is 4. The predicted octanol–water partition coefficient (Wildman–Crippen LogP) is 6.94. The van der Waals surface area contributed by atoms with E-state index in [4.69, 9.17) is 4.99 Å². The van der Waals surface area contributed by atoms with Crippen LogP contribution in [0.2, 0.25) is 0 Å². The Hall–Kier alpha value is -2.88. The van der Waals surface area contributed by atoms with Gasteiger partial charge in [0.2, 0.25) is 0 Å². The summed E-state index contributed by atoms with van der Waals surface area (Å²) in [6.07, 6.45) is 26.6. The van der Waals surface area contributed by atoms with E-state index in [9.17, 15) is 0 Å². The third-order valence-electron chi connectivity index (χ3n) is 5.15. The Balaban J connectivity index is 3.21. The van der Waals surface area contributed by atoms with Gasteiger partial charge < -0.3 is 10.6 Å². The summed E-state index contributed by atoms with van der Waals surface area (Å²) >= 11 is 0. The van der Waals surface area contributed by atoms with Crippen LogP contribution in [0.4, 0.5) is 0 Å². The van der Waals surface area contributed by atoms with E-state index in [1.807, 2.05) is 57.6 Å². The molecule has 1 heterocycles. The number of nitrogens with one attached hydrogen (secondary N) is 2. The molecule has 1 aliphatic heterocycles. The van der Waals surface area contributed by atoms with Crippen molar-refractivity contribution in [3.05, 3.63) is 84.1 Å². The summed E-state index contributed by atoms with van der Waals surface area (Å²) in [5.41, 5.74) is 4.29. The Labute approximate surface area is 196 Å². The first-order chi connectivity index (χ1) is 15.6. The first kappa shape index (κ1) is 27.2. The van der Waals surface area contributed by atoms with Crippen molar-refractivity contribution in [2.24, 2.45) is 9.98 Å². The molecule has 0 bridgehead atoms. The maximum atomic E-state index is 4.97. The smallest absolute Gasteiger partial charge is 0.122 e. The quantitative estimate of drug-likeness (QED) is 0.230. The summed E-state index contributed by atoms with van der Waals surface area (Å²) in [7, 11) is 1.97. The summed E-state index contributed by atoms with van der Waals surface area (Å²) in [4.78, 5) is 9.34. The van der Waals surface area contributed by atoms with E-state index in [2.05, 4.69) is 60.4 Å². The van der Waals surface area contributed by atoms with Crippen molar-refractivity contribution in [3.8, 4) is 0 Å². The second-order valence-electron chi connectivity index (χ2n) is 7.63.